The van der Waals surface area contributed by atoms with Gasteiger partial charge in [0.05, 0.1) is 41.2 Å². The van der Waals surface area contributed by atoms with Gasteiger partial charge in [-0.05, 0) is 47.5 Å². The number of nitrogen functional groups attached to an aromatic ring is 1. The Morgan fingerprint density at radius 3 is 1.94 bits per heavy atom. The van der Waals surface area contributed by atoms with E-state index in [1.54, 1.807) is 39.5 Å². The highest BCUT2D eigenvalue weighted by atomic mass is 16.5. The second-order valence-electron chi connectivity index (χ2n) is 7.51. The Balaban J connectivity index is 1.98. The minimum Gasteiger partial charge on any atom is -0.493 e. The molecule has 0 aliphatic heterocycles. The highest BCUT2D eigenvalue weighted by molar-refractivity contribution is 6.05. The second-order valence-corrected chi connectivity index (χ2v) is 7.51. The number of anilines is 2. The molecule has 0 unspecified atom stereocenters. The lowest BCUT2D eigenvalue weighted by atomic mass is 10.1. The maximum absolute atomic E-state index is 12.8. The zero-order valence-corrected chi connectivity index (χ0v) is 21.0. The van der Waals surface area contributed by atoms with Gasteiger partial charge in [0.15, 0.2) is 23.0 Å². The van der Waals surface area contributed by atoms with Crippen molar-refractivity contribution < 1.29 is 28.5 Å². The quantitative estimate of drug-likeness (QED) is 0.231. The van der Waals surface area contributed by atoms with Gasteiger partial charge >= 0.3 is 0 Å². The summed E-state index contributed by atoms with van der Waals surface area (Å²) in [4.78, 5) is 12.8. The molecule has 1 amide bonds. The molecule has 0 fully saturated rings. The molecule has 0 saturated carbocycles. The van der Waals surface area contributed by atoms with Crippen molar-refractivity contribution in [1.29, 1.82) is 0 Å². The lowest BCUT2D eigenvalue weighted by molar-refractivity contribution is -0.111. The van der Waals surface area contributed by atoms with E-state index in [-0.39, 0.29) is 5.91 Å². The average Bonchev–Trinajstić information content (AvgIpc) is 2.90. The fraction of sp³-hybridized carbons (Fsp3) is 0.179. The van der Waals surface area contributed by atoms with Crippen molar-refractivity contribution in [3.63, 3.8) is 0 Å². The second kappa shape index (κ2) is 12.2. The Labute approximate surface area is 210 Å². The fourth-order valence-electron chi connectivity index (χ4n) is 3.59. The summed E-state index contributed by atoms with van der Waals surface area (Å²) < 4.78 is 27.3. The number of hydrogen-bond donors (Lipinski definition) is 2. The van der Waals surface area contributed by atoms with Crippen molar-refractivity contribution >= 4 is 35.5 Å². The van der Waals surface area contributed by atoms with Gasteiger partial charge < -0.3 is 34.7 Å². The van der Waals surface area contributed by atoms with Crippen LogP contribution < -0.4 is 34.7 Å². The van der Waals surface area contributed by atoms with E-state index in [9.17, 15) is 4.79 Å². The van der Waals surface area contributed by atoms with Crippen molar-refractivity contribution in [1.82, 2.24) is 0 Å². The van der Waals surface area contributed by atoms with Crippen LogP contribution in [0.2, 0.25) is 0 Å². The van der Waals surface area contributed by atoms with Gasteiger partial charge in [0.25, 0.3) is 0 Å². The predicted molar refractivity (Wildman–Crippen MR) is 143 cm³/mol. The van der Waals surface area contributed by atoms with E-state index in [4.69, 9.17) is 29.4 Å². The van der Waals surface area contributed by atoms with Gasteiger partial charge in [0.1, 0.15) is 0 Å². The van der Waals surface area contributed by atoms with Crippen LogP contribution in [0.4, 0.5) is 11.4 Å². The van der Waals surface area contributed by atoms with E-state index in [1.165, 1.54) is 20.3 Å². The zero-order valence-electron chi connectivity index (χ0n) is 21.0. The van der Waals surface area contributed by atoms with Gasteiger partial charge in [-0.25, -0.2) is 0 Å². The van der Waals surface area contributed by atoms with Crippen LogP contribution >= 0.6 is 0 Å². The van der Waals surface area contributed by atoms with E-state index in [1.807, 2.05) is 48.6 Å². The van der Waals surface area contributed by atoms with Crippen LogP contribution in [-0.2, 0) is 4.79 Å². The van der Waals surface area contributed by atoms with Crippen molar-refractivity contribution in [3.05, 3.63) is 71.3 Å². The van der Waals surface area contributed by atoms with Gasteiger partial charge in [-0.2, -0.15) is 0 Å². The van der Waals surface area contributed by atoms with Crippen LogP contribution in [0.15, 0.2) is 54.6 Å². The number of rotatable bonds is 10. The lowest BCUT2D eigenvalue weighted by Crippen LogP contribution is -2.11. The Hall–Kier alpha value is -4.59. The Bertz CT molecular complexity index is 1260. The first-order chi connectivity index (χ1) is 17.4. The summed E-state index contributed by atoms with van der Waals surface area (Å²) in [5.41, 5.74) is 9.24. The third kappa shape index (κ3) is 5.90. The summed E-state index contributed by atoms with van der Waals surface area (Å²) in [5.74, 6) is 2.08. The first-order valence-electron chi connectivity index (χ1n) is 11.0. The molecule has 0 spiro atoms. The van der Waals surface area contributed by atoms with Crippen molar-refractivity contribution in [2.45, 2.75) is 0 Å². The number of para-hydroxylation sites is 1. The van der Waals surface area contributed by atoms with E-state index >= 15 is 0 Å². The van der Waals surface area contributed by atoms with Crippen molar-refractivity contribution in [2.24, 2.45) is 0 Å². The minimum absolute atomic E-state index is 0.354. The van der Waals surface area contributed by atoms with Gasteiger partial charge in [-0.15, -0.1) is 0 Å². The van der Waals surface area contributed by atoms with Crippen molar-refractivity contribution in [2.75, 3.05) is 46.6 Å². The summed E-state index contributed by atoms with van der Waals surface area (Å²) in [6.07, 6.45) is 6.78. The standard InChI is InChI=1S/C28H30N2O6/c1-32-22-14-12-20(11-10-18-16-23(33-2)27(35-4)24(17-18)34-3)26(28(22)36-5)30-25(31)15-13-19-8-6-7-9-21(19)29/h6-17H,29H2,1-5H3,(H,30,31)/b11-10?,15-13+. The number of hydrogen-bond acceptors (Lipinski definition) is 7. The molecule has 0 radical (unpaired) electrons. The zero-order chi connectivity index (χ0) is 26.1. The van der Waals surface area contributed by atoms with Crippen LogP contribution in [-0.4, -0.2) is 41.5 Å². The summed E-state index contributed by atoms with van der Waals surface area (Å²) in [6, 6.07) is 14.5. The van der Waals surface area contributed by atoms with E-state index in [0.29, 0.717) is 45.7 Å². The van der Waals surface area contributed by atoms with Crippen LogP contribution in [0.3, 0.4) is 0 Å². The molecular weight excluding hydrogens is 460 g/mol. The molecule has 0 aliphatic carbocycles. The molecule has 3 N–H and O–H groups in total. The van der Waals surface area contributed by atoms with Gasteiger partial charge in [-0.1, -0.05) is 30.4 Å². The molecule has 0 atom stereocenters. The number of methoxy groups -OCH3 is 5. The number of benzene rings is 3. The number of carbonyl (C=O) groups is 1. The van der Waals surface area contributed by atoms with Crippen LogP contribution in [0.25, 0.3) is 18.2 Å². The largest absolute Gasteiger partial charge is 0.493 e. The van der Waals surface area contributed by atoms with Crippen LogP contribution in [0.5, 0.6) is 28.7 Å². The molecule has 8 nitrogen and oxygen atoms in total. The molecule has 0 heterocycles. The third-order valence-electron chi connectivity index (χ3n) is 5.38. The topological polar surface area (TPSA) is 101 Å². The normalized spacial score (nSPS) is 10.9. The van der Waals surface area contributed by atoms with Crippen LogP contribution in [0.1, 0.15) is 16.7 Å². The Kier molecular flexibility index (Phi) is 8.83. The SMILES string of the molecule is COc1cc(C=Cc2ccc(OC)c(OC)c2NC(=O)/C=C/c2ccccc2N)cc(OC)c1OC. The number of ether oxygens (including phenoxy) is 5. The fourth-order valence-corrected chi connectivity index (χ4v) is 3.59. The molecule has 0 saturated heterocycles. The number of carbonyl (C=O) groups excluding carboxylic acids is 1. The Morgan fingerprint density at radius 1 is 0.722 bits per heavy atom. The number of amides is 1. The summed E-state index contributed by atoms with van der Waals surface area (Å²) in [5, 5.41) is 2.90. The van der Waals surface area contributed by atoms with Gasteiger partial charge in [0.2, 0.25) is 11.7 Å². The van der Waals surface area contributed by atoms with Crippen LogP contribution in [0, 0.1) is 0 Å². The first-order valence-corrected chi connectivity index (χ1v) is 11.0. The summed E-state index contributed by atoms with van der Waals surface area (Å²) in [6.45, 7) is 0. The highest BCUT2D eigenvalue weighted by Crippen LogP contribution is 2.40. The molecular formula is C28H30N2O6. The third-order valence-corrected chi connectivity index (χ3v) is 5.38. The molecule has 3 aromatic carbocycles. The molecule has 8 heteroatoms. The lowest BCUT2D eigenvalue weighted by Gasteiger charge is -2.16. The summed E-state index contributed by atoms with van der Waals surface area (Å²) >= 11 is 0. The van der Waals surface area contributed by atoms with E-state index in [2.05, 4.69) is 5.32 Å². The maximum Gasteiger partial charge on any atom is 0.248 e. The molecule has 3 rings (SSSR count). The smallest absolute Gasteiger partial charge is 0.248 e. The first kappa shape index (κ1) is 26.0. The number of nitrogens with one attached hydrogen (secondary N) is 1. The molecule has 36 heavy (non-hydrogen) atoms. The Morgan fingerprint density at radius 2 is 1.36 bits per heavy atom. The number of nitrogens with two attached hydrogens (primary N) is 1. The predicted octanol–water partition coefficient (Wildman–Crippen LogP) is 5.13. The minimum atomic E-state index is -0.354. The average molecular weight is 491 g/mol. The van der Waals surface area contributed by atoms with Crippen molar-refractivity contribution in [3.8, 4) is 28.7 Å². The molecule has 0 aromatic heterocycles. The summed E-state index contributed by atoms with van der Waals surface area (Å²) in [7, 11) is 7.72. The maximum atomic E-state index is 12.8. The highest BCUT2D eigenvalue weighted by Gasteiger charge is 2.16. The monoisotopic (exact) mass is 490 g/mol. The van der Waals surface area contributed by atoms with Gasteiger partial charge in [-0.3, -0.25) is 4.79 Å². The molecule has 0 bridgehead atoms. The molecule has 0 aliphatic rings. The molecule has 188 valence electrons. The molecule has 3 aromatic rings. The van der Waals surface area contributed by atoms with Gasteiger partial charge in [0, 0.05) is 17.3 Å². The van der Waals surface area contributed by atoms with E-state index < -0.39 is 0 Å². The van der Waals surface area contributed by atoms with E-state index in [0.717, 1.165) is 11.1 Å².